The van der Waals surface area contributed by atoms with E-state index in [4.69, 9.17) is 4.74 Å². The third kappa shape index (κ3) is 5.50. The molecule has 0 aliphatic carbocycles. The van der Waals surface area contributed by atoms with Crippen LogP contribution in [0.2, 0.25) is 0 Å². The largest absolute Gasteiger partial charge is 0.494 e. The minimum absolute atomic E-state index is 0.806. The van der Waals surface area contributed by atoms with E-state index in [9.17, 15) is 0 Å². The molecule has 0 unspecified atom stereocenters. The normalized spacial score (nSPS) is 10.7. The number of benzene rings is 1. The van der Waals surface area contributed by atoms with Gasteiger partial charge in [0.1, 0.15) is 5.75 Å². The molecule has 1 aromatic rings. The molecule has 0 aliphatic rings. The summed E-state index contributed by atoms with van der Waals surface area (Å²) in [7, 11) is 0. The highest BCUT2D eigenvalue weighted by Crippen LogP contribution is 2.24. The van der Waals surface area contributed by atoms with Gasteiger partial charge in [-0.1, -0.05) is 45.8 Å². The van der Waals surface area contributed by atoms with Gasteiger partial charge in [0.2, 0.25) is 0 Å². The number of allylic oxidation sites excluding steroid dienone is 1. The van der Waals surface area contributed by atoms with Crippen molar-refractivity contribution in [2.75, 3.05) is 6.61 Å². The summed E-state index contributed by atoms with van der Waals surface area (Å²) in [6.45, 7) is 11.2. The van der Waals surface area contributed by atoms with E-state index in [0.29, 0.717) is 0 Å². The second-order valence-corrected chi connectivity index (χ2v) is 5.06. The number of hydrogen-bond donors (Lipinski definition) is 0. The van der Waals surface area contributed by atoms with Gasteiger partial charge >= 0.3 is 0 Å². The van der Waals surface area contributed by atoms with E-state index >= 15 is 0 Å². The summed E-state index contributed by atoms with van der Waals surface area (Å²) in [5, 5.41) is 0. The summed E-state index contributed by atoms with van der Waals surface area (Å²) in [5.74, 6) is 2.21. The number of unbranched alkanes of at least 4 members (excludes halogenated alkanes) is 2. The number of aryl methyl sites for hydroxylation is 1. The van der Waals surface area contributed by atoms with Crippen molar-refractivity contribution in [2.24, 2.45) is 0 Å². The smallest absolute Gasteiger partial charge is 0.119 e. The molecular weight excluding hydrogens is 232 g/mol. The van der Waals surface area contributed by atoms with Crippen LogP contribution in [-0.4, -0.2) is 6.61 Å². The summed E-state index contributed by atoms with van der Waals surface area (Å²) in [4.78, 5) is 0. The summed E-state index contributed by atoms with van der Waals surface area (Å²) in [6, 6.07) is 6.58. The molecule has 0 N–H and O–H groups in total. The Morgan fingerprint density at radius 2 is 1.89 bits per heavy atom. The Morgan fingerprint density at radius 3 is 2.53 bits per heavy atom. The predicted molar refractivity (Wildman–Crippen MR) is 83.7 cm³/mol. The van der Waals surface area contributed by atoms with Crippen molar-refractivity contribution < 1.29 is 4.74 Å². The van der Waals surface area contributed by atoms with Gasteiger partial charge in [0.05, 0.1) is 6.61 Å². The van der Waals surface area contributed by atoms with Crippen molar-refractivity contribution in [3.63, 3.8) is 0 Å². The van der Waals surface area contributed by atoms with Crippen LogP contribution in [0.1, 0.15) is 57.6 Å². The fourth-order valence-electron chi connectivity index (χ4n) is 1.95. The molecule has 0 bridgehead atoms. The standard InChI is InChI=1S/C18H27O/c1-5-8-10-16-12-17(15(4)7-3)14-18(13-16)19-11-9-6-2/h7,12-14H,3,5-6,8-11H2,1-2,4H3. The van der Waals surface area contributed by atoms with Gasteiger partial charge < -0.3 is 4.74 Å². The highest BCUT2D eigenvalue weighted by molar-refractivity contribution is 5.43. The topological polar surface area (TPSA) is 9.23 Å². The first kappa shape index (κ1) is 15.8. The van der Waals surface area contributed by atoms with E-state index in [1.165, 1.54) is 36.3 Å². The van der Waals surface area contributed by atoms with Crippen molar-refractivity contribution in [1.82, 2.24) is 0 Å². The average Bonchev–Trinajstić information content (AvgIpc) is 2.44. The molecule has 0 spiro atoms. The van der Waals surface area contributed by atoms with Crippen molar-refractivity contribution in [1.29, 1.82) is 0 Å². The zero-order chi connectivity index (χ0) is 14.1. The Kier molecular flexibility index (Phi) is 7.32. The van der Waals surface area contributed by atoms with E-state index < -0.39 is 0 Å². The van der Waals surface area contributed by atoms with Crippen LogP contribution in [-0.2, 0) is 6.42 Å². The maximum absolute atomic E-state index is 5.85. The lowest BCUT2D eigenvalue weighted by molar-refractivity contribution is 0.309. The van der Waals surface area contributed by atoms with Gasteiger partial charge in [0.15, 0.2) is 0 Å². The molecule has 0 aliphatic heterocycles. The Balaban J connectivity index is 2.85. The lowest BCUT2D eigenvalue weighted by Gasteiger charge is -2.13. The molecule has 1 aromatic carbocycles. The van der Waals surface area contributed by atoms with Crippen LogP contribution in [0.5, 0.6) is 5.75 Å². The SMILES string of the molecule is C=C[C](C)c1cc(CCCC)cc(OCCCC)c1. The first-order valence-electron chi connectivity index (χ1n) is 7.44. The zero-order valence-electron chi connectivity index (χ0n) is 12.7. The van der Waals surface area contributed by atoms with E-state index in [-0.39, 0.29) is 0 Å². The van der Waals surface area contributed by atoms with Crippen LogP contribution in [0.4, 0.5) is 0 Å². The molecule has 0 aromatic heterocycles. The van der Waals surface area contributed by atoms with E-state index in [1.54, 1.807) is 0 Å². The first-order chi connectivity index (χ1) is 9.21. The minimum atomic E-state index is 0.806. The van der Waals surface area contributed by atoms with Gasteiger partial charge in [0, 0.05) is 5.92 Å². The van der Waals surface area contributed by atoms with Crippen LogP contribution in [0.25, 0.3) is 0 Å². The molecule has 0 saturated carbocycles. The van der Waals surface area contributed by atoms with Crippen molar-refractivity contribution >= 4 is 0 Å². The van der Waals surface area contributed by atoms with E-state index in [2.05, 4.69) is 45.5 Å². The Morgan fingerprint density at radius 1 is 1.16 bits per heavy atom. The molecular formula is C18H27O. The molecule has 0 amide bonds. The van der Waals surface area contributed by atoms with Crippen LogP contribution < -0.4 is 4.74 Å². The summed E-state index contributed by atoms with van der Waals surface area (Å²) in [5.41, 5.74) is 2.60. The van der Waals surface area contributed by atoms with Crippen molar-refractivity contribution in [3.8, 4) is 5.75 Å². The van der Waals surface area contributed by atoms with Crippen molar-refractivity contribution in [3.05, 3.63) is 47.9 Å². The van der Waals surface area contributed by atoms with Crippen LogP contribution in [0.3, 0.4) is 0 Å². The second-order valence-electron chi connectivity index (χ2n) is 5.06. The number of rotatable bonds is 9. The third-order valence-corrected chi connectivity index (χ3v) is 3.31. The average molecular weight is 259 g/mol. The lowest BCUT2D eigenvalue weighted by atomic mass is 9.97. The molecule has 0 saturated heterocycles. The Bertz CT molecular complexity index is 381. The first-order valence-corrected chi connectivity index (χ1v) is 7.44. The molecule has 1 nitrogen and oxygen atoms in total. The molecule has 105 valence electrons. The lowest BCUT2D eigenvalue weighted by Crippen LogP contribution is -2.00. The fourth-order valence-corrected chi connectivity index (χ4v) is 1.95. The maximum Gasteiger partial charge on any atom is 0.119 e. The van der Waals surface area contributed by atoms with Crippen LogP contribution in [0, 0.1) is 5.92 Å². The van der Waals surface area contributed by atoms with E-state index in [1.807, 2.05) is 6.08 Å². The van der Waals surface area contributed by atoms with Crippen molar-refractivity contribution in [2.45, 2.75) is 52.9 Å². The zero-order valence-corrected chi connectivity index (χ0v) is 12.7. The van der Waals surface area contributed by atoms with Gasteiger partial charge in [-0.05, 0) is 42.5 Å². The van der Waals surface area contributed by atoms with Crippen LogP contribution in [0.15, 0.2) is 30.9 Å². The minimum Gasteiger partial charge on any atom is -0.494 e. The van der Waals surface area contributed by atoms with Gasteiger partial charge in [-0.2, -0.15) is 0 Å². The molecule has 0 atom stereocenters. The number of hydrogen-bond acceptors (Lipinski definition) is 1. The second kappa shape index (κ2) is 8.79. The van der Waals surface area contributed by atoms with Gasteiger partial charge in [-0.15, -0.1) is 6.58 Å². The number of ether oxygens (including phenoxy) is 1. The van der Waals surface area contributed by atoms with E-state index in [0.717, 1.165) is 25.2 Å². The highest BCUT2D eigenvalue weighted by atomic mass is 16.5. The van der Waals surface area contributed by atoms with Gasteiger partial charge in [-0.3, -0.25) is 0 Å². The van der Waals surface area contributed by atoms with Gasteiger partial charge in [-0.25, -0.2) is 0 Å². The molecule has 0 heterocycles. The highest BCUT2D eigenvalue weighted by Gasteiger charge is 2.07. The fraction of sp³-hybridized carbons (Fsp3) is 0.500. The summed E-state index contributed by atoms with van der Waals surface area (Å²) < 4.78 is 5.85. The third-order valence-electron chi connectivity index (χ3n) is 3.31. The summed E-state index contributed by atoms with van der Waals surface area (Å²) >= 11 is 0. The Hall–Kier alpha value is -1.24. The van der Waals surface area contributed by atoms with Crippen LogP contribution >= 0.6 is 0 Å². The molecule has 19 heavy (non-hydrogen) atoms. The Labute approximate surface area is 118 Å². The van der Waals surface area contributed by atoms with Gasteiger partial charge in [0.25, 0.3) is 0 Å². The quantitative estimate of drug-likeness (QED) is 0.544. The maximum atomic E-state index is 5.85. The molecule has 1 radical (unpaired) electrons. The molecule has 1 heteroatoms. The summed E-state index contributed by atoms with van der Waals surface area (Å²) in [6.07, 6.45) is 7.76. The predicted octanol–water partition coefficient (Wildman–Crippen LogP) is 5.34. The monoisotopic (exact) mass is 259 g/mol. The molecule has 0 fully saturated rings. The molecule has 1 rings (SSSR count).